The summed E-state index contributed by atoms with van der Waals surface area (Å²) in [5.41, 5.74) is 0.464. The van der Waals surface area contributed by atoms with Crippen LogP contribution >= 0.6 is 0 Å². The van der Waals surface area contributed by atoms with Gasteiger partial charge in [-0.05, 0) is 67.1 Å². The van der Waals surface area contributed by atoms with Gasteiger partial charge in [0.15, 0.2) is 0 Å². The number of alkyl carbamates (subject to hydrolysis) is 1. The van der Waals surface area contributed by atoms with E-state index in [-0.39, 0.29) is 31.4 Å². The fraction of sp³-hybridized carbons (Fsp3) is 0.625. The molecule has 3 N–H and O–H groups in total. The van der Waals surface area contributed by atoms with Crippen molar-refractivity contribution in [2.75, 3.05) is 13.2 Å². The predicted octanol–water partition coefficient (Wildman–Crippen LogP) is 4.29. The highest BCUT2D eigenvalue weighted by atomic mass is 32.2. The zero-order chi connectivity index (χ0) is 39.3. The third-order valence-corrected chi connectivity index (χ3v) is 14.1. The Bertz CT molecular complexity index is 1900. The standard InChI is InChI=1S/C40H53N5O9S/c1-5-27-20-40(27,35(48)43-55(51,52)29-14-15-29)42-33(46)31-19-28-22-45(31)34(47)32(38(2,3)4)41-36(49)53-24-39(17-8-9-18-39)16-7-6-11-25-12-10-13-26-21-44(23-30(25)26)37(50)54-28/h5-6,10-13,27-29,31-32H,1,7-9,14-24H2,2-4H3,(H,41,49)(H,42,46)(H,43,48)/b11-6+/t27-,28-,31?,32-,40-/m1/s1. The zero-order valence-electron chi connectivity index (χ0n) is 31.9. The summed E-state index contributed by atoms with van der Waals surface area (Å²) >= 11 is 0. The zero-order valence-corrected chi connectivity index (χ0v) is 32.8. The second-order valence-corrected chi connectivity index (χ2v) is 19.4. The second kappa shape index (κ2) is 14.6. The Morgan fingerprint density at radius 1 is 1.07 bits per heavy atom. The van der Waals surface area contributed by atoms with E-state index in [4.69, 9.17) is 9.47 Å². The molecule has 6 aliphatic rings. The number of amides is 5. The van der Waals surface area contributed by atoms with Crippen molar-refractivity contribution in [3.05, 3.63) is 53.6 Å². The topological polar surface area (TPSA) is 181 Å². The number of cyclic esters (lactones) is 1. The number of nitrogens with one attached hydrogen (secondary N) is 3. The minimum absolute atomic E-state index is 0.0846. The van der Waals surface area contributed by atoms with Crippen LogP contribution in [-0.2, 0) is 47.0 Å². The van der Waals surface area contributed by atoms with Crippen molar-refractivity contribution < 1.29 is 41.9 Å². The van der Waals surface area contributed by atoms with Crippen LogP contribution in [0, 0.1) is 16.7 Å². The smallest absolute Gasteiger partial charge is 0.410 e. The third-order valence-electron chi connectivity index (χ3n) is 12.3. The van der Waals surface area contributed by atoms with Crippen LogP contribution in [0.1, 0.15) is 102 Å². The predicted molar refractivity (Wildman–Crippen MR) is 202 cm³/mol. The summed E-state index contributed by atoms with van der Waals surface area (Å²) in [5.74, 6) is -2.70. The number of nitrogens with zero attached hydrogens (tertiary/aromatic N) is 2. The third kappa shape index (κ3) is 7.99. The first-order valence-corrected chi connectivity index (χ1v) is 21.1. The van der Waals surface area contributed by atoms with Crippen LogP contribution in [0.2, 0.25) is 0 Å². The molecule has 1 saturated heterocycles. The number of carbonyl (C=O) groups excluding carboxylic acids is 5. The second-order valence-electron chi connectivity index (χ2n) is 17.4. The van der Waals surface area contributed by atoms with E-state index in [1.54, 1.807) is 25.7 Å². The first-order chi connectivity index (χ1) is 26.0. The van der Waals surface area contributed by atoms with Crippen molar-refractivity contribution in [3.63, 3.8) is 0 Å². The maximum atomic E-state index is 14.6. The summed E-state index contributed by atoms with van der Waals surface area (Å²) in [7, 11) is -3.91. The molecule has 55 heavy (non-hydrogen) atoms. The molecular weight excluding hydrogens is 727 g/mol. The lowest BCUT2D eigenvalue weighted by Crippen LogP contribution is -2.60. The molecule has 5 amide bonds. The van der Waals surface area contributed by atoms with Crippen LogP contribution in [0.5, 0.6) is 0 Å². The summed E-state index contributed by atoms with van der Waals surface area (Å²) in [6.45, 7) is 9.89. The monoisotopic (exact) mass is 779 g/mol. The SMILES string of the molecule is C=C[C@@H]1C[C@]1(NC(=O)C1C[C@@H]2CN1C(=O)[C@H](C(C)(C)C)NC(=O)OCC1(CC/C=C/c3cccc4c3CN(C4)C(=O)O2)CCCC1)C(=O)NS(=O)(=O)C1CC1. The lowest BCUT2D eigenvalue weighted by Gasteiger charge is -2.36. The number of ether oxygens (including phenoxy) is 2. The molecule has 0 aromatic heterocycles. The first-order valence-electron chi connectivity index (χ1n) is 19.5. The van der Waals surface area contributed by atoms with E-state index in [1.807, 2.05) is 18.2 Å². The van der Waals surface area contributed by atoms with Gasteiger partial charge in [-0.3, -0.25) is 24.0 Å². The average molecular weight is 780 g/mol. The fourth-order valence-electron chi connectivity index (χ4n) is 8.73. The summed E-state index contributed by atoms with van der Waals surface area (Å²) in [6.07, 6.45) is 9.99. The molecule has 3 aliphatic heterocycles. The highest BCUT2D eigenvalue weighted by Gasteiger charge is 2.62. The maximum Gasteiger partial charge on any atom is 0.410 e. The van der Waals surface area contributed by atoms with Gasteiger partial charge in [0.2, 0.25) is 21.8 Å². The van der Waals surface area contributed by atoms with Crippen molar-refractivity contribution in [2.45, 2.75) is 127 Å². The molecule has 15 heteroatoms. The Kier molecular flexibility index (Phi) is 10.3. The van der Waals surface area contributed by atoms with E-state index in [0.717, 1.165) is 55.2 Å². The molecule has 5 atom stereocenters. The fourth-order valence-corrected chi connectivity index (χ4v) is 10.1. The summed E-state index contributed by atoms with van der Waals surface area (Å²) in [6, 6.07) is 3.63. The van der Waals surface area contributed by atoms with Gasteiger partial charge in [-0.1, -0.05) is 70.0 Å². The molecule has 3 heterocycles. The molecule has 1 unspecified atom stereocenters. The van der Waals surface area contributed by atoms with Gasteiger partial charge in [-0.25, -0.2) is 18.0 Å². The van der Waals surface area contributed by atoms with Crippen LogP contribution in [-0.4, -0.2) is 90.3 Å². The lowest BCUT2D eigenvalue weighted by atomic mass is 9.82. The minimum Gasteiger partial charge on any atom is -0.449 e. The molecule has 3 aliphatic carbocycles. The molecular formula is C40H53N5O9S. The van der Waals surface area contributed by atoms with E-state index in [2.05, 4.69) is 34.1 Å². The molecule has 3 saturated carbocycles. The number of rotatable bonds is 6. The first kappa shape index (κ1) is 38.9. The summed E-state index contributed by atoms with van der Waals surface area (Å²) in [5, 5.41) is 4.91. The van der Waals surface area contributed by atoms with E-state index < -0.39 is 80.2 Å². The van der Waals surface area contributed by atoms with Gasteiger partial charge in [0.25, 0.3) is 5.91 Å². The van der Waals surface area contributed by atoms with Gasteiger partial charge in [0.1, 0.15) is 23.7 Å². The Balaban J connectivity index is 1.17. The number of hydrogen-bond acceptors (Lipinski definition) is 9. The van der Waals surface area contributed by atoms with Gasteiger partial charge >= 0.3 is 12.2 Å². The van der Waals surface area contributed by atoms with Crippen LogP contribution in [0.3, 0.4) is 0 Å². The average Bonchev–Trinajstić information content (AvgIpc) is 3.94. The maximum absolute atomic E-state index is 14.6. The number of benzene rings is 1. The molecule has 1 aromatic carbocycles. The molecule has 7 rings (SSSR count). The van der Waals surface area contributed by atoms with Gasteiger partial charge in [-0.2, -0.15) is 0 Å². The quantitative estimate of drug-likeness (QED) is 0.355. The molecule has 4 fully saturated rings. The normalized spacial score (nSPS) is 30.2. The molecule has 1 spiro atoms. The van der Waals surface area contributed by atoms with Crippen LogP contribution in [0.15, 0.2) is 36.9 Å². The van der Waals surface area contributed by atoms with Gasteiger partial charge < -0.3 is 25.0 Å². The van der Waals surface area contributed by atoms with E-state index in [9.17, 15) is 32.4 Å². The van der Waals surface area contributed by atoms with Crippen LogP contribution in [0.25, 0.3) is 6.08 Å². The molecule has 14 nitrogen and oxygen atoms in total. The van der Waals surface area contributed by atoms with E-state index in [0.29, 0.717) is 25.9 Å². The number of sulfonamides is 1. The summed E-state index contributed by atoms with van der Waals surface area (Å²) < 4.78 is 39.4. The van der Waals surface area contributed by atoms with Crippen LogP contribution in [0.4, 0.5) is 9.59 Å². The minimum atomic E-state index is -3.91. The van der Waals surface area contributed by atoms with Crippen molar-refractivity contribution in [3.8, 4) is 0 Å². The van der Waals surface area contributed by atoms with Gasteiger partial charge in [-0.15, -0.1) is 6.58 Å². The Labute approximate surface area is 322 Å². The van der Waals surface area contributed by atoms with Crippen molar-refractivity contribution in [1.82, 2.24) is 25.2 Å². The summed E-state index contributed by atoms with van der Waals surface area (Å²) in [4.78, 5) is 72.5. The van der Waals surface area contributed by atoms with Crippen LogP contribution < -0.4 is 15.4 Å². The van der Waals surface area contributed by atoms with Crippen molar-refractivity contribution >= 4 is 46.0 Å². The van der Waals surface area contributed by atoms with Crippen molar-refractivity contribution in [1.29, 1.82) is 0 Å². The molecule has 0 radical (unpaired) electrons. The number of fused-ring (bicyclic) bond motifs is 3. The van der Waals surface area contributed by atoms with E-state index >= 15 is 0 Å². The highest BCUT2D eigenvalue weighted by Crippen LogP contribution is 2.46. The number of hydrogen-bond donors (Lipinski definition) is 3. The van der Waals surface area contributed by atoms with Crippen molar-refractivity contribution in [2.24, 2.45) is 16.7 Å². The molecule has 1 aromatic rings. The van der Waals surface area contributed by atoms with E-state index in [1.165, 1.54) is 11.0 Å². The molecule has 4 bridgehead atoms. The van der Waals surface area contributed by atoms with Gasteiger partial charge in [0, 0.05) is 24.3 Å². The lowest BCUT2D eigenvalue weighted by molar-refractivity contribution is -0.143. The Morgan fingerprint density at radius 2 is 1.82 bits per heavy atom. The number of allylic oxidation sites excluding steroid dienone is 1. The molecule has 298 valence electrons. The number of carbonyl (C=O) groups is 5. The Morgan fingerprint density at radius 3 is 2.49 bits per heavy atom. The Hall–Kier alpha value is -4.40. The largest absolute Gasteiger partial charge is 0.449 e. The highest BCUT2D eigenvalue weighted by molar-refractivity contribution is 7.91. The van der Waals surface area contributed by atoms with Gasteiger partial charge in [0.05, 0.1) is 24.9 Å².